The van der Waals surface area contributed by atoms with Crippen LogP contribution in [0.4, 0.5) is 4.79 Å². The second-order valence-electron chi connectivity index (χ2n) is 7.31. The summed E-state index contributed by atoms with van der Waals surface area (Å²) in [5.41, 5.74) is 1.24. The molecule has 0 aromatic heterocycles. The van der Waals surface area contributed by atoms with Gasteiger partial charge in [-0.05, 0) is 31.7 Å². The molecular weight excluding hydrogens is 356 g/mol. The molecule has 2 unspecified atom stereocenters. The molecule has 0 saturated carbocycles. The monoisotopic (exact) mass is 388 g/mol. The van der Waals surface area contributed by atoms with Gasteiger partial charge >= 0.3 is 6.09 Å². The maximum Gasteiger partial charge on any atom is 0.409 e. The van der Waals surface area contributed by atoms with Crippen LogP contribution in [-0.2, 0) is 9.47 Å². The molecule has 1 amide bonds. The number of carbonyl (C=O) groups is 1. The summed E-state index contributed by atoms with van der Waals surface area (Å²) in [5.74, 6) is 1.24. The molecule has 28 heavy (non-hydrogen) atoms. The van der Waals surface area contributed by atoms with Crippen LogP contribution in [0.3, 0.4) is 0 Å². The van der Waals surface area contributed by atoms with Crippen LogP contribution in [0.1, 0.15) is 37.9 Å². The average Bonchev–Trinajstić information content (AvgIpc) is 3.21. The van der Waals surface area contributed by atoms with E-state index < -0.39 is 0 Å². The zero-order chi connectivity index (χ0) is 19.8. The fraction of sp³-hybridized carbons (Fsp3) is 0.619. The van der Waals surface area contributed by atoms with Gasteiger partial charge in [0.15, 0.2) is 5.96 Å². The van der Waals surface area contributed by atoms with E-state index in [0.29, 0.717) is 31.7 Å². The van der Waals surface area contributed by atoms with Gasteiger partial charge in [0, 0.05) is 45.2 Å². The number of guanidine groups is 1. The first-order chi connectivity index (χ1) is 13.7. The number of hydrogen-bond acceptors (Lipinski definition) is 4. The van der Waals surface area contributed by atoms with E-state index in [2.05, 4.69) is 39.9 Å². The highest BCUT2D eigenvalue weighted by atomic mass is 16.6. The van der Waals surface area contributed by atoms with Gasteiger partial charge in [-0.1, -0.05) is 30.3 Å². The lowest BCUT2D eigenvalue weighted by atomic mass is 9.95. The van der Waals surface area contributed by atoms with Crippen molar-refractivity contribution in [1.29, 1.82) is 0 Å². The third-order valence-electron chi connectivity index (χ3n) is 5.46. The first-order valence-electron chi connectivity index (χ1n) is 10.3. The fourth-order valence-corrected chi connectivity index (χ4v) is 3.89. The Morgan fingerprint density at radius 3 is 2.68 bits per heavy atom. The van der Waals surface area contributed by atoms with Crippen molar-refractivity contribution in [2.75, 3.05) is 39.9 Å². The Bertz CT molecular complexity index is 644. The van der Waals surface area contributed by atoms with Gasteiger partial charge in [-0.15, -0.1) is 0 Å². The Hall–Kier alpha value is -2.28. The minimum Gasteiger partial charge on any atom is -0.450 e. The molecule has 1 aromatic rings. The van der Waals surface area contributed by atoms with Crippen molar-refractivity contribution in [2.45, 2.75) is 38.3 Å². The number of piperidine rings is 1. The lowest BCUT2D eigenvalue weighted by Crippen LogP contribution is -2.50. The van der Waals surface area contributed by atoms with Crippen LogP contribution in [0.2, 0.25) is 0 Å². The van der Waals surface area contributed by atoms with Gasteiger partial charge in [0.05, 0.1) is 12.7 Å². The number of nitrogens with one attached hydrogen (secondary N) is 2. The molecule has 7 nitrogen and oxygen atoms in total. The number of aliphatic imine (C=N–C) groups is 1. The highest BCUT2D eigenvalue weighted by Gasteiger charge is 2.30. The minimum atomic E-state index is -0.211. The lowest BCUT2D eigenvalue weighted by Gasteiger charge is -2.32. The predicted molar refractivity (Wildman–Crippen MR) is 109 cm³/mol. The third-order valence-corrected chi connectivity index (χ3v) is 5.46. The van der Waals surface area contributed by atoms with Crippen molar-refractivity contribution in [3.05, 3.63) is 35.9 Å². The number of benzene rings is 1. The molecular formula is C21H32N4O3. The first kappa shape index (κ1) is 20.5. The van der Waals surface area contributed by atoms with E-state index in [1.165, 1.54) is 5.56 Å². The van der Waals surface area contributed by atoms with E-state index in [1.807, 2.05) is 13.0 Å². The Kier molecular flexibility index (Phi) is 7.54. The lowest BCUT2D eigenvalue weighted by molar-refractivity contribution is 0.0914. The summed E-state index contributed by atoms with van der Waals surface area (Å²) < 4.78 is 11.1. The Morgan fingerprint density at radius 2 is 2.00 bits per heavy atom. The van der Waals surface area contributed by atoms with E-state index in [4.69, 9.17) is 9.47 Å². The van der Waals surface area contributed by atoms with Gasteiger partial charge in [-0.3, -0.25) is 4.99 Å². The summed E-state index contributed by atoms with van der Waals surface area (Å²) in [7, 11) is 1.79. The number of ether oxygens (including phenoxy) is 2. The molecule has 3 rings (SSSR count). The van der Waals surface area contributed by atoms with Crippen molar-refractivity contribution in [3.8, 4) is 0 Å². The van der Waals surface area contributed by atoms with Gasteiger partial charge < -0.3 is 25.0 Å². The van der Waals surface area contributed by atoms with Gasteiger partial charge in [0.1, 0.15) is 0 Å². The standard InChI is InChI=1S/C21H32N4O3/c1-3-27-21(26)25-12-9-18(10-13-25)24-20(22-2)23-15-17-11-14-28-19(17)16-7-5-4-6-8-16/h4-8,17-19H,3,9-15H2,1-2H3,(H2,22,23,24). The number of likely N-dealkylation sites (tertiary alicyclic amines) is 1. The molecule has 0 bridgehead atoms. The zero-order valence-corrected chi connectivity index (χ0v) is 16.9. The molecule has 2 fully saturated rings. The zero-order valence-electron chi connectivity index (χ0n) is 16.9. The molecule has 2 N–H and O–H groups in total. The molecule has 2 saturated heterocycles. The van der Waals surface area contributed by atoms with Crippen LogP contribution in [-0.4, -0.2) is 62.9 Å². The van der Waals surface area contributed by atoms with Crippen LogP contribution >= 0.6 is 0 Å². The number of nitrogens with zero attached hydrogens (tertiary/aromatic N) is 2. The van der Waals surface area contributed by atoms with Gasteiger partial charge in [0.2, 0.25) is 0 Å². The molecule has 1 aromatic carbocycles. The summed E-state index contributed by atoms with van der Waals surface area (Å²) in [4.78, 5) is 18.0. The van der Waals surface area contributed by atoms with Crippen molar-refractivity contribution < 1.29 is 14.3 Å². The number of carbonyl (C=O) groups excluding carboxylic acids is 1. The van der Waals surface area contributed by atoms with Crippen molar-refractivity contribution in [2.24, 2.45) is 10.9 Å². The van der Waals surface area contributed by atoms with Crippen LogP contribution < -0.4 is 10.6 Å². The smallest absolute Gasteiger partial charge is 0.409 e. The fourth-order valence-electron chi connectivity index (χ4n) is 3.89. The first-order valence-corrected chi connectivity index (χ1v) is 10.3. The molecule has 0 aliphatic carbocycles. The van der Waals surface area contributed by atoms with Crippen molar-refractivity contribution in [3.63, 3.8) is 0 Å². The Morgan fingerprint density at radius 1 is 1.25 bits per heavy atom. The highest BCUT2D eigenvalue weighted by molar-refractivity contribution is 5.80. The summed E-state index contributed by atoms with van der Waals surface area (Å²) in [5, 5.41) is 6.96. The molecule has 2 heterocycles. The SMILES string of the molecule is CCOC(=O)N1CCC(NC(=NC)NCC2CCOC2c2ccccc2)CC1. The molecule has 154 valence electrons. The van der Waals surface area contributed by atoms with Gasteiger partial charge in [0.25, 0.3) is 0 Å². The number of hydrogen-bond donors (Lipinski definition) is 2. The van der Waals surface area contributed by atoms with E-state index in [1.54, 1.807) is 11.9 Å². The molecule has 0 radical (unpaired) electrons. The summed E-state index contributed by atoms with van der Waals surface area (Å²) in [6.07, 6.45) is 2.75. The van der Waals surface area contributed by atoms with Gasteiger partial charge in [-0.2, -0.15) is 0 Å². The molecule has 2 aliphatic heterocycles. The Balaban J connectivity index is 1.45. The Labute approximate surface area is 167 Å². The normalized spacial score (nSPS) is 23.5. The number of rotatable bonds is 5. The average molecular weight is 389 g/mol. The van der Waals surface area contributed by atoms with Crippen LogP contribution in [0.5, 0.6) is 0 Å². The van der Waals surface area contributed by atoms with E-state index >= 15 is 0 Å². The molecule has 2 atom stereocenters. The maximum absolute atomic E-state index is 11.8. The van der Waals surface area contributed by atoms with Crippen LogP contribution in [0, 0.1) is 5.92 Å². The third kappa shape index (κ3) is 5.38. The number of amides is 1. The highest BCUT2D eigenvalue weighted by Crippen LogP contribution is 2.33. The second-order valence-corrected chi connectivity index (χ2v) is 7.31. The summed E-state index contributed by atoms with van der Waals surface area (Å²) >= 11 is 0. The minimum absolute atomic E-state index is 0.139. The topological polar surface area (TPSA) is 75.2 Å². The molecule has 7 heteroatoms. The second kappa shape index (κ2) is 10.3. The quantitative estimate of drug-likeness (QED) is 0.599. The largest absolute Gasteiger partial charge is 0.450 e. The van der Waals surface area contributed by atoms with E-state index in [0.717, 1.165) is 38.4 Å². The van der Waals surface area contributed by atoms with Crippen LogP contribution in [0.25, 0.3) is 0 Å². The van der Waals surface area contributed by atoms with Crippen molar-refractivity contribution >= 4 is 12.1 Å². The summed E-state index contributed by atoms with van der Waals surface area (Å²) in [6.45, 7) is 5.28. The van der Waals surface area contributed by atoms with Crippen molar-refractivity contribution in [1.82, 2.24) is 15.5 Å². The molecule has 2 aliphatic rings. The summed E-state index contributed by atoms with van der Waals surface area (Å²) in [6, 6.07) is 10.7. The maximum atomic E-state index is 11.8. The molecule has 0 spiro atoms. The van der Waals surface area contributed by atoms with E-state index in [-0.39, 0.29) is 12.2 Å². The van der Waals surface area contributed by atoms with E-state index in [9.17, 15) is 4.79 Å². The van der Waals surface area contributed by atoms with Gasteiger partial charge in [-0.25, -0.2) is 4.79 Å². The predicted octanol–water partition coefficient (Wildman–Crippen LogP) is 2.55. The van der Waals surface area contributed by atoms with Crippen LogP contribution in [0.15, 0.2) is 35.3 Å².